The second-order valence-electron chi connectivity index (χ2n) is 5.26. The van der Waals surface area contributed by atoms with Crippen molar-refractivity contribution in [1.29, 1.82) is 0 Å². The normalized spacial score (nSPS) is 25.8. The molecule has 1 fully saturated rings. The number of nitrogens with two attached hydrogens (primary N) is 1. The van der Waals surface area contributed by atoms with Crippen molar-refractivity contribution in [3.05, 3.63) is 11.8 Å². The highest BCUT2D eigenvalue weighted by molar-refractivity contribution is 5.43. The fourth-order valence-electron chi connectivity index (χ4n) is 2.01. The number of hydrogen-bond acceptors (Lipinski definition) is 5. The van der Waals surface area contributed by atoms with Gasteiger partial charge in [0, 0.05) is 17.5 Å². The first-order valence-electron chi connectivity index (χ1n) is 5.77. The van der Waals surface area contributed by atoms with E-state index in [1.54, 1.807) is 0 Å². The second kappa shape index (κ2) is 4.22. The zero-order chi connectivity index (χ0) is 14.4. The van der Waals surface area contributed by atoms with Crippen molar-refractivity contribution < 1.29 is 18.3 Å². The minimum Gasteiger partial charge on any atom is -0.392 e. The zero-order valence-electron chi connectivity index (χ0n) is 10.5. The van der Waals surface area contributed by atoms with Gasteiger partial charge in [-0.05, 0) is 6.42 Å². The van der Waals surface area contributed by atoms with Gasteiger partial charge in [-0.15, -0.1) is 0 Å². The maximum Gasteiger partial charge on any atom is 0.433 e. The van der Waals surface area contributed by atoms with Crippen LogP contribution >= 0.6 is 0 Å². The van der Waals surface area contributed by atoms with E-state index in [1.165, 1.54) is 0 Å². The van der Waals surface area contributed by atoms with Crippen LogP contribution in [0.25, 0.3) is 0 Å². The summed E-state index contributed by atoms with van der Waals surface area (Å²) < 4.78 is 37.7. The number of nitrogen functional groups attached to an aromatic ring is 1. The lowest BCUT2D eigenvalue weighted by atomic mass is 9.64. The first-order valence-corrected chi connectivity index (χ1v) is 5.77. The molecule has 1 aliphatic rings. The molecule has 0 aliphatic heterocycles. The first-order chi connectivity index (χ1) is 8.60. The molecule has 1 aromatic heterocycles. The maximum absolute atomic E-state index is 12.6. The molecule has 1 aliphatic carbocycles. The van der Waals surface area contributed by atoms with Crippen molar-refractivity contribution >= 4 is 11.8 Å². The molecule has 0 amide bonds. The summed E-state index contributed by atoms with van der Waals surface area (Å²) in [5, 5.41) is 12.4. The van der Waals surface area contributed by atoms with Gasteiger partial charge < -0.3 is 16.2 Å². The Labute approximate surface area is 108 Å². The molecule has 106 valence electrons. The molecule has 4 N–H and O–H groups in total. The van der Waals surface area contributed by atoms with E-state index in [1.807, 2.05) is 13.8 Å². The van der Waals surface area contributed by atoms with E-state index >= 15 is 0 Å². The SMILES string of the molecule is CC1(C)C(O)CC1Nc1cc(C(F)(F)F)nc(N)n1. The molecule has 0 saturated heterocycles. The largest absolute Gasteiger partial charge is 0.433 e. The fraction of sp³-hybridized carbons (Fsp3) is 0.636. The number of rotatable bonds is 2. The summed E-state index contributed by atoms with van der Waals surface area (Å²) in [7, 11) is 0. The highest BCUT2D eigenvalue weighted by Crippen LogP contribution is 2.42. The van der Waals surface area contributed by atoms with Crippen molar-refractivity contribution in [3.8, 4) is 0 Å². The Morgan fingerprint density at radius 1 is 1.42 bits per heavy atom. The number of anilines is 2. The molecule has 2 rings (SSSR count). The third-order valence-corrected chi connectivity index (χ3v) is 3.57. The summed E-state index contributed by atoms with van der Waals surface area (Å²) >= 11 is 0. The lowest BCUT2D eigenvalue weighted by molar-refractivity contribution is -0.141. The van der Waals surface area contributed by atoms with Gasteiger partial charge in [0.15, 0.2) is 5.69 Å². The van der Waals surface area contributed by atoms with Gasteiger partial charge in [-0.3, -0.25) is 0 Å². The molecule has 1 aromatic rings. The summed E-state index contributed by atoms with van der Waals surface area (Å²) in [6.45, 7) is 3.65. The van der Waals surface area contributed by atoms with Gasteiger partial charge >= 0.3 is 6.18 Å². The molecule has 2 atom stereocenters. The van der Waals surface area contributed by atoms with E-state index in [9.17, 15) is 18.3 Å². The first kappa shape index (κ1) is 13.9. The summed E-state index contributed by atoms with van der Waals surface area (Å²) in [5.41, 5.74) is 3.77. The molecule has 1 heterocycles. The fourth-order valence-corrected chi connectivity index (χ4v) is 2.01. The average Bonchev–Trinajstić information content (AvgIpc) is 2.27. The Kier molecular flexibility index (Phi) is 3.08. The van der Waals surface area contributed by atoms with Gasteiger partial charge in [-0.1, -0.05) is 13.8 Å². The van der Waals surface area contributed by atoms with Crippen molar-refractivity contribution in [2.24, 2.45) is 5.41 Å². The Balaban J connectivity index is 2.20. The van der Waals surface area contributed by atoms with Gasteiger partial charge in [0.2, 0.25) is 5.95 Å². The molecule has 2 unspecified atom stereocenters. The third kappa shape index (κ3) is 2.58. The van der Waals surface area contributed by atoms with Gasteiger partial charge in [0.05, 0.1) is 6.10 Å². The number of aromatic nitrogens is 2. The Bertz CT molecular complexity index is 489. The van der Waals surface area contributed by atoms with Crippen molar-refractivity contribution in [2.45, 2.75) is 38.6 Å². The monoisotopic (exact) mass is 276 g/mol. The van der Waals surface area contributed by atoms with E-state index in [-0.39, 0.29) is 11.9 Å². The summed E-state index contributed by atoms with van der Waals surface area (Å²) in [6, 6.07) is 0.662. The lowest BCUT2D eigenvalue weighted by Crippen LogP contribution is -2.57. The number of halogens is 3. The molecule has 8 heteroatoms. The molecule has 0 aromatic carbocycles. The zero-order valence-corrected chi connectivity index (χ0v) is 10.5. The van der Waals surface area contributed by atoms with Gasteiger partial charge in [0.25, 0.3) is 0 Å². The van der Waals surface area contributed by atoms with E-state index in [0.717, 1.165) is 6.07 Å². The van der Waals surface area contributed by atoms with Crippen LogP contribution in [-0.4, -0.2) is 27.2 Å². The molecule has 0 spiro atoms. The van der Waals surface area contributed by atoms with Crippen LogP contribution in [0.2, 0.25) is 0 Å². The number of nitrogens with one attached hydrogen (secondary N) is 1. The van der Waals surface area contributed by atoms with Crippen LogP contribution in [-0.2, 0) is 6.18 Å². The summed E-state index contributed by atoms with van der Waals surface area (Å²) in [6.07, 6.45) is -4.59. The summed E-state index contributed by atoms with van der Waals surface area (Å²) in [4.78, 5) is 6.89. The molecule has 5 nitrogen and oxygen atoms in total. The quantitative estimate of drug-likeness (QED) is 0.765. The topological polar surface area (TPSA) is 84.1 Å². The smallest absolute Gasteiger partial charge is 0.392 e. The maximum atomic E-state index is 12.6. The van der Waals surface area contributed by atoms with Crippen molar-refractivity contribution in [1.82, 2.24) is 9.97 Å². The van der Waals surface area contributed by atoms with Crippen LogP contribution in [0.4, 0.5) is 24.9 Å². The minimum atomic E-state index is -4.57. The van der Waals surface area contributed by atoms with Crippen LogP contribution in [0.15, 0.2) is 6.07 Å². The number of nitrogens with zero attached hydrogens (tertiary/aromatic N) is 2. The molecule has 0 bridgehead atoms. The standard InChI is InChI=1S/C11H15F3N4O/c1-10(2)5(3-7(10)19)16-8-4-6(11(12,13)14)17-9(15)18-8/h4-5,7,19H,3H2,1-2H3,(H3,15,16,17,18). The molecular formula is C11H15F3N4O. The second-order valence-corrected chi connectivity index (χ2v) is 5.26. The Morgan fingerprint density at radius 2 is 2.05 bits per heavy atom. The van der Waals surface area contributed by atoms with Gasteiger partial charge in [-0.25, -0.2) is 4.98 Å². The van der Waals surface area contributed by atoms with Crippen LogP contribution in [0, 0.1) is 5.41 Å². The average molecular weight is 276 g/mol. The predicted molar refractivity (Wildman–Crippen MR) is 63.3 cm³/mol. The van der Waals surface area contributed by atoms with E-state index in [4.69, 9.17) is 5.73 Å². The lowest BCUT2D eigenvalue weighted by Gasteiger charge is -2.49. The van der Waals surface area contributed by atoms with Gasteiger partial charge in [-0.2, -0.15) is 18.2 Å². The van der Waals surface area contributed by atoms with Crippen LogP contribution in [0.1, 0.15) is 26.0 Å². The third-order valence-electron chi connectivity index (χ3n) is 3.57. The van der Waals surface area contributed by atoms with Crippen molar-refractivity contribution in [2.75, 3.05) is 11.1 Å². The van der Waals surface area contributed by atoms with Crippen LogP contribution in [0.3, 0.4) is 0 Å². The van der Waals surface area contributed by atoms with E-state index < -0.39 is 29.3 Å². The van der Waals surface area contributed by atoms with Crippen molar-refractivity contribution in [3.63, 3.8) is 0 Å². The number of aliphatic hydroxyl groups excluding tert-OH is 1. The highest BCUT2D eigenvalue weighted by atomic mass is 19.4. The molecule has 0 radical (unpaired) electrons. The molecular weight excluding hydrogens is 261 g/mol. The summed E-state index contributed by atoms with van der Waals surface area (Å²) in [5.74, 6) is -0.417. The minimum absolute atomic E-state index is 0.0183. The Morgan fingerprint density at radius 3 is 2.53 bits per heavy atom. The van der Waals surface area contributed by atoms with Crippen LogP contribution in [0.5, 0.6) is 0 Å². The molecule has 1 saturated carbocycles. The number of aliphatic hydroxyl groups is 1. The predicted octanol–water partition coefficient (Wildman–Crippen LogP) is 1.65. The number of alkyl halides is 3. The van der Waals surface area contributed by atoms with E-state index in [2.05, 4.69) is 15.3 Å². The highest BCUT2D eigenvalue weighted by Gasteiger charge is 2.47. The molecule has 19 heavy (non-hydrogen) atoms. The van der Waals surface area contributed by atoms with E-state index in [0.29, 0.717) is 6.42 Å². The number of hydrogen-bond donors (Lipinski definition) is 3. The Hall–Kier alpha value is -1.57. The van der Waals surface area contributed by atoms with Crippen LogP contribution < -0.4 is 11.1 Å². The van der Waals surface area contributed by atoms with Gasteiger partial charge in [0.1, 0.15) is 5.82 Å².